The molecule has 0 radical (unpaired) electrons. The Bertz CT molecular complexity index is 459. The lowest BCUT2D eigenvalue weighted by atomic mass is 10.2. The van der Waals surface area contributed by atoms with Crippen LogP contribution in [0.2, 0.25) is 10.0 Å². The molecule has 1 amide bonds. The van der Waals surface area contributed by atoms with E-state index in [0.29, 0.717) is 21.8 Å². The van der Waals surface area contributed by atoms with Crippen molar-refractivity contribution in [2.45, 2.75) is 44.7 Å². The van der Waals surface area contributed by atoms with E-state index in [-0.39, 0.29) is 11.9 Å². The fourth-order valence-corrected chi connectivity index (χ4v) is 2.69. The number of anilines is 1. The molecule has 3 nitrogen and oxygen atoms in total. The van der Waals surface area contributed by atoms with Crippen molar-refractivity contribution in [3.8, 4) is 0 Å². The maximum Gasteiger partial charge on any atom is 0.241 e. The van der Waals surface area contributed by atoms with Crippen LogP contribution in [-0.4, -0.2) is 18.0 Å². The fourth-order valence-electron chi connectivity index (χ4n) is 2.36. The summed E-state index contributed by atoms with van der Waals surface area (Å²) < 4.78 is 0. The lowest BCUT2D eigenvalue weighted by Crippen LogP contribution is -2.42. The first-order chi connectivity index (χ1) is 9.06. The van der Waals surface area contributed by atoms with Crippen LogP contribution in [-0.2, 0) is 4.79 Å². The van der Waals surface area contributed by atoms with Crippen molar-refractivity contribution in [1.82, 2.24) is 5.32 Å². The Morgan fingerprint density at radius 2 is 2.00 bits per heavy atom. The minimum atomic E-state index is -0.238. The Hall–Kier alpha value is -0.770. The first-order valence-corrected chi connectivity index (χ1v) is 7.34. The van der Waals surface area contributed by atoms with Crippen molar-refractivity contribution in [2.24, 2.45) is 0 Å². The summed E-state index contributed by atoms with van der Waals surface area (Å²) in [6.45, 7) is 1.87. The van der Waals surface area contributed by atoms with Gasteiger partial charge < -0.3 is 10.6 Å². The smallest absolute Gasteiger partial charge is 0.241 e. The molecule has 5 heteroatoms. The zero-order valence-electron chi connectivity index (χ0n) is 10.9. The van der Waals surface area contributed by atoms with Gasteiger partial charge in [0.15, 0.2) is 0 Å². The lowest BCUT2D eigenvalue weighted by molar-refractivity contribution is -0.117. The van der Waals surface area contributed by atoms with Gasteiger partial charge in [0.2, 0.25) is 5.91 Å². The molecule has 0 aliphatic heterocycles. The second-order valence-electron chi connectivity index (χ2n) is 4.98. The third-order valence-electron chi connectivity index (χ3n) is 3.42. The van der Waals surface area contributed by atoms with Crippen LogP contribution in [0.5, 0.6) is 0 Å². The number of carbonyl (C=O) groups excluding carboxylic acids is 1. The zero-order valence-corrected chi connectivity index (χ0v) is 12.4. The van der Waals surface area contributed by atoms with E-state index in [1.165, 1.54) is 12.8 Å². The van der Waals surface area contributed by atoms with E-state index in [4.69, 9.17) is 23.2 Å². The summed E-state index contributed by atoms with van der Waals surface area (Å²) in [7, 11) is 0. The second-order valence-corrected chi connectivity index (χ2v) is 5.83. The quantitative estimate of drug-likeness (QED) is 0.887. The molecule has 0 heterocycles. The highest BCUT2D eigenvalue weighted by atomic mass is 35.5. The van der Waals surface area contributed by atoms with E-state index in [1.54, 1.807) is 18.2 Å². The van der Waals surface area contributed by atoms with E-state index in [2.05, 4.69) is 10.6 Å². The summed E-state index contributed by atoms with van der Waals surface area (Å²) >= 11 is 11.9. The zero-order chi connectivity index (χ0) is 13.8. The normalized spacial score (nSPS) is 17.4. The molecule has 1 unspecified atom stereocenters. The van der Waals surface area contributed by atoms with Gasteiger partial charge in [-0.15, -0.1) is 0 Å². The van der Waals surface area contributed by atoms with Gasteiger partial charge in [-0.05, 0) is 38.0 Å². The molecular weight excluding hydrogens is 283 g/mol. The highest BCUT2D eigenvalue weighted by Gasteiger charge is 2.21. The number of hydrogen-bond donors (Lipinski definition) is 2. The van der Waals surface area contributed by atoms with Gasteiger partial charge in [0, 0.05) is 11.1 Å². The number of benzene rings is 1. The molecule has 104 valence electrons. The molecule has 19 heavy (non-hydrogen) atoms. The number of carbonyl (C=O) groups is 1. The van der Waals surface area contributed by atoms with Crippen molar-refractivity contribution in [3.05, 3.63) is 28.2 Å². The first-order valence-electron chi connectivity index (χ1n) is 6.58. The molecule has 1 aromatic carbocycles. The Balaban J connectivity index is 1.93. The Morgan fingerprint density at radius 3 is 2.68 bits per heavy atom. The van der Waals surface area contributed by atoms with Crippen molar-refractivity contribution in [3.63, 3.8) is 0 Å². The molecule has 1 aromatic rings. The SMILES string of the molecule is CC(NC1CCCC1)C(=O)Nc1cc(Cl)ccc1Cl. The van der Waals surface area contributed by atoms with Crippen LogP contribution in [0.25, 0.3) is 0 Å². The summed E-state index contributed by atoms with van der Waals surface area (Å²) in [5.74, 6) is -0.0870. The summed E-state index contributed by atoms with van der Waals surface area (Å²) in [5.41, 5.74) is 0.555. The van der Waals surface area contributed by atoms with E-state index >= 15 is 0 Å². The number of amides is 1. The van der Waals surface area contributed by atoms with Crippen LogP contribution < -0.4 is 10.6 Å². The fraction of sp³-hybridized carbons (Fsp3) is 0.500. The van der Waals surface area contributed by atoms with Gasteiger partial charge >= 0.3 is 0 Å². The lowest BCUT2D eigenvalue weighted by Gasteiger charge is -2.19. The topological polar surface area (TPSA) is 41.1 Å². The van der Waals surface area contributed by atoms with E-state index in [9.17, 15) is 4.79 Å². The van der Waals surface area contributed by atoms with Crippen molar-refractivity contribution in [1.29, 1.82) is 0 Å². The molecule has 0 aromatic heterocycles. The number of hydrogen-bond acceptors (Lipinski definition) is 2. The van der Waals surface area contributed by atoms with Gasteiger partial charge in [0.25, 0.3) is 0 Å². The average molecular weight is 301 g/mol. The molecule has 2 rings (SSSR count). The Labute approximate surface area is 123 Å². The second kappa shape index (κ2) is 6.60. The molecule has 1 fully saturated rings. The number of nitrogens with one attached hydrogen (secondary N) is 2. The van der Waals surface area contributed by atoms with E-state index < -0.39 is 0 Å². The van der Waals surface area contributed by atoms with Crippen LogP contribution in [0.3, 0.4) is 0 Å². The van der Waals surface area contributed by atoms with Crippen LogP contribution in [0, 0.1) is 0 Å². The van der Waals surface area contributed by atoms with Crippen molar-refractivity contribution >= 4 is 34.8 Å². The summed E-state index contributed by atoms with van der Waals surface area (Å²) in [6.07, 6.45) is 4.78. The summed E-state index contributed by atoms with van der Waals surface area (Å²) in [6, 6.07) is 5.24. The van der Waals surface area contributed by atoms with Gasteiger partial charge in [-0.2, -0.15) is 0 Å². The van der Waals surface area contributed by atoms with Crippen LogP contribution in [0.4, 0.5) is 5.69 Å². The molecule has 1 aliphatic rings. The van der Waals surface area contributed by atoms with Gasteiger partial charge in [-0.3, -0.25) is 4.79 Å². The maximum absolute atomic E-state index is 12.1. The molecule has 0 spiro atoms. The first kappa shape index (κ1) is 14.6. The van der Waals surface area contributed by atoms with Gasteiger partial charge in [0.1, 0.15) is 0 Å². The van der Waals surface area contributed by atoms with Crippen LogP contribution >= 0.6 is 23.2 Å². The molecule has 2 N–H and O–H groups in total. The standard InChI is InChI=1S/C14H18Cl2N2O/c1-9(17-11-4-2-3-5-11)14(19)18-13-8-10(15)6-7-12(13)16/h6-9,11,17H,2-5H2,1H3,(H,18,19). The molecule has 1 aliphatic carbocycles. The maximum atomic E-state index is 12.1. The Morgan fingerprint density at radius 1 is 1.32 bits per heavy atom. The number of halogens is 2. The van der Waals surface area contributed by atoms with Crippen LogP contribution in [0.1, 0.15) is 32.6 Å². The third-order valence-corrected chi connectivity index (χ3v) is 3.99. The number of rotatable bonds is 4. The molecular formula is C14H18Cl2N2O. The summed E-state index contributed by atoms with van der Waals surface area (Å²) in [5, 5.41) is 7.20. The van der Waals surface area contributed by atoms with Gasteiger partial charge in [-0.25, -0.2) is 0 Å². The van der Waals surface area contributed by atoms with Crippen molar-refractivity contribution < 1.29 is 4.79 Å². The Kier molecular flexibility index (Phi) is 5.08. The predicted octanol–water partition coefficient (Wildman–Crippen LogP) is 3.85. The largest absolute Gasteiger partial charge is 0.323 e. The molecule has 0 bridgehead atoms. The predicted molar refractivity (Wildman–Crippen MR) is 79.9 cm³/mol. The van der Waals surface area contributed by atoms with E-state index in [0.717, 1.165) is 12.8 Å². The minimum Gasteiger partial charge on any atom is -0.323 e. The van der Waals surface area contributed by atoms with Gasteiger partial charge in [-0.1, -0.05) is 36.0 Å². The van der Waals surface area contributed by atoms with Crippen LogP contribution in [0.15, 0.2) is 18.2 Å². The molecule has 0 saturated heterocycles. The minimum absolute atomic E-state index is 0.0870. The summed E-state index contributed by atoms with van der Waals surface area (Å²) in [4.78, 5) is 12.1. The van der Waals surface area contributed by atoms with Crippen molar-refractivity contribution in [2.75, 3.05) is 5.32 Å². The monoisotopic (exact) mass is 300 g/mol. The van der Waals surface area contributed by atoms with Gasteiger partial charge in [0.05, 0.1) is 16.8 Å². The highest BCUT2D eigenvalue weighted by molar-refractivity contribution is 6.35. The average Bonchev–Trinajstić information content (AvgIpc) is 2.86. The van der Waals surface area contributed by atoms with E-state index in [1.807, 2.05) is 6.92 Å². The third kappa shape index (κ3) is 4.10. The molecule has 1 saturated carbocycles. The molecule has 1 atom stereocenters. The highest BCUT2D eigenvalue weighted by Crippen LogP contribution is 2.25.